The first-order valence-electron chi connectivity index (χ1n) is 10.9. The number of amides is 3. The van der Waals surface area contributed by atoms with E-state index in [1.54, 1.807) is 0 Å². The van der Waals surface area contributed by atoms with Crippen LogP contribution in [0.15, 0.2) is 0 Å². The minimum atomic E-state index is -1.39. The number of carboxylic acids is 2. The number of aliphatic carboxylic acids is 2. The molecule has 0 aromatic carbocycles. The van der Waals surface area contributed by atoms with Crippen LogP contribution in [0.25, 0.3) is 0 Å². The third-order valence-corrected chi connectivity index (χ3v) is 6.01. The fourth-order valence-electron chi connectivity index (χ4n) is 3.56. The SMILES string of the molecule is CSCCC(NC(=O)C1CCCN1C(=O)C(CC(=O)O)NC(=O)C(N)CCCCN)C(=O)O. The Kier molecular flexibility index (Phi) is 12.8. The number of hydrogen-bond donors (Lipinski definition) is 6. The van der Waals surface area contributed by atoms with Crippen LogP contribution < -0.4 is 22.1 Å². The topological polar surface area (TPSA) is 205 Å². The predicted octanol–water partition coefficient (Wildman–Crippen LogP) is -1.28. The van der Waals surface area contributed by atoms with E-state index in [0.29, 0.717) is 44.4 Å². The molecule has 188 valence electrons. The van der Waals surface area contributed by atoms with E-state index in [-0.39, 0.29) is 13.0 Å². The third kappa shape index (κ3) is 9.56. The van der Waals surface area contributed by atoms with Gasteiger partial charge in [-0.05, 0) is 50.7 Å². The van der Waals surface area contributed by atoms with Crippen molar-refractivity contribution in [2.45, 2.75) is 69.1 Å². The van der Waals surface area contributed by atoms with E-state index >= 15 is 0 Å². The van der Waals surface area contributed by atoms with Crippen molar-refractivity contribution in [2.75, 3.05) is 25.1 Å². The van der Waals surface area contributed by atoms with E-state index < -0.39 is 60.2 Å². The number of nitrogens with one attached hydrogen (secondary N) is 2. The van der Waals surface area contributed by atoms with Crippen LogP contribution >= 0.6 is 11.8 Å². The fraction of sp³-hybridized carbons (Fsp3) is 0.750. The standard InChI is InChI=1S/C20H35N5O7S/c1-33-10-7-13(20(31)32)23-18(29)15-6-4-9-25(15)19(30)14(11-16(26)27)24-17(28)12(22)5-2-3-8-21/h12-15H,2-11,21-22H2,1H3,(H,23,29)(H,24,28)(H,26,27)(H,31,32). The van der Waals surface area contributed by atoms with Crippen LogP contribution in [0.3, 0.4) is 0 Å². The fourth-order valence-corrected chi connectivity index (χ4v) is 4.03. The van der Waals surface area contributed by atoms with Gasteiger partial charge in [0.1, 0.15) is 18.1 Å². The molecule has 8 N–H and O–H groups in total. The lowest BCUT2D eigenvalue weighted by molar-refractivity contribution is -0.147. The summed E-state index contributed by atoms with van der Waals surface area (Å²) < 4.78 is 0. The molecule has 1 rings (SSSR count). The van der Waals surface area contributed by atoms with E-state index in [1.165, 1.54) is 16.7 Å². The number of nitrogens with two attached hydrogens (primary N) is 2. The van der Waals surface area contributed by atoms with Gasteiger partial charge in [0.15, 0.2) is 0 Å². The van der Waals surface area contributed by atoms with Crippen LogP contribution in [0.1, 0.15) is 44.9 Å². The Morgan fingerprint density at radius 1 is 1.09 bits per heavy atom. The average molecular weight is 490 g/mol. The number of nitrogens with zero attached hydrogens (tertiary/aromatic N) is 1. The highest BCUT2D eigenvalue weighted by Crippen LogP contribution is 2.20. The number of thioether (sulfide) groups is 1. The Morgan fingerprint density at radius 3 is 2.36 bits per heavy atom. The lowest BCUT2D eigenvalue weighted by atomic mass is 10.1. The molecule has 1 aliphatic rings. The summed E-state index contributed by atoms with van der Waals surface area (Å²) in [4.78, 5) is 62.2. The Labute approximate surface area is 197 Å². The lowest BCUT2D eigenvalue weighted by Gasteiger charge is -2.29. The quantitative estimate of drug-likeness (QED) is 0.150. The van der Waals surface area contributed by atoms with Crippen LogP contribution in [0.2, 0.25) is 0 Å². The van der Waals surface area contributed by atoms with Gasteiger partial charge in [-0.25, -0.2) is 4.79 Å². The minimum Gasteiger partial charge on any atom is -0.481 e. The monoisotopic (exact) mass is 489 g/mol. The number of carbonyl (C=O) groups excluding carboxylic acids is 3. The number of rotatable bonds is 15. The first-order valence-corrected chi connectivity index (χ1v) is 12.3. The molecule has 4 unspecified atom stereocenters. The highest BCUT2D eigenvalue weighted by molar-refractivity contribution is 7.98. The summed E-state index contributed by atoms with van der Waals surface area (Å²) in [6.45, 7) is 0.640. The van der Waals surface area contributed by atoms with Gasteiger partial charge in [0.2, 0.25) is 17.7 Å². The second-order valence-corrected chi connectivity index (χ2v) is 8.91. The van der Waals surface area contributed by atoms with Crippen molar-refractivity contribution >= 4 is 41.4 Å². The molecule has 0 aliphatic carbocycles. The summed E-state index contributed by atoms with van der Waals surface area (Å²) in [6, 6.07) is -4.36. The van der Waals surface area contributed by atoms with Crippen LogP contribution in [-0.4, -0.2) is 94.0 Å². The lowest BCUT2D eigenvalue weighted by Crippen LogP contribution is -2.57. The van der Waals surface area contributed by atoms with Crippen molar-refractivity contribution in [3.8, 4) is 0 Å². The highest BCUT2D eigenvalue weighted by Gasteiger charge is 2.39. The third-order valence-electron chi connectivity index (χ3n) is 5.36. The predicted molar refractivity (Wildman–Crippen MR) is 122 cm³/mol. The largest absolute Gasteiger partial charge is 0.481 e. The molecule has 0 aromatic rings. The van der Waals surface area contributed by atoms with E-state index in [4.69, 9.17) is 11.5 Å². The number of hydrogen-bond acceptors (Lipinski definition) is 8. The first kappa shape index (κ1) is 28.7. The number of likely N-dealkylation sites (tertiary alicyclic amines) is 1. The normalized spacial score (nSPS) is 18.3. The minimum absolute atomic E-state index is 0.189. The van der Waals surface area contributed by atoms with Gasteiger partial charge in [0.25, 0.3) is 0 Å². The molecule has 0 saturated carbocycles. The molecule has 3 amide bonds. The summed E-state index contributed by atoms with van der Waals surface area (Å²) in [7, 11) is 0. The van der Waals surface area contributed by atoms with E-state index in [2.05, 4.69) is 10.6 Å². The first-order chi connectivity index (χ1) is 15.6. The molecule has 12 nitrogen and oxygen atoms in total. The molecule has 0 radical (unpaired) electrons. The number of unbranched alkanes of at least 4 members (excludes halogenated alkanes) is 1. The van der Waals surface area contributed by atoms with Gasteiger partial charge < -0.3 is 37.2 Å². The molecule has 13 heteroatoms. The second kappa shape index (κ2) is 14.7. The summed E-state index contributed by atoms with van der Waals surface area (Å²) in [6.07, 6.45) is 3.78. The van der Waals surface area contributed by atoms with Gasteiger partial charge in [0.05, 0.1) is 12.5 Å². The Bertz CT molecular complexity index is 708. The maximum absolute atomic E-state index is 13.1. The molecular formula is C20H35N5O7S. The molecule has 1 aliphatic heterocycles. The highest BCUT2D eigenvalue weighted by atomic mass is 32.2. The van der Waals surface area contributed by atoms with Gasteiger partial charge in [-0.2, -0.15) is 11.8 Å². The molecular weight excluding hydrogens is 454 g/mol. The van der Waals surface area contributed by atoms with Crippen molar-refractivity contribution in [3.63, 3.8) is 0 Å². The van der Waals surface area contributed by atoms with Crippen molar-refractivity contribution in [3.05, 3.63) is 0 Å². The molecule has 1 saturated heterocycles. The second-order valence-electron chi connectivity index (χ2n) is 7.92. The molecule has 1 fully saturated rings. The van der Waals surface area contributed by atoms with Crippen molar-refractivity contribution in [1.82, 2.24) is 15.5 Å². The van der Waals surface area contributed by atoms with Crippen molar-refractivity contribution in [1.29, 1.82) is 0 Å². The van der Waals surface area contributed by atoms with E-state index in [9.17, 15) is 34.2 Å². The smallest absolute Gasteiger partial charge is 0.326 e. The summed E-state index contributed by atoms with van der Waals surface area (Å²) >= 11 is 1.44. The van der Waals surface area contributed by atoms with Gasteiger partial charge in [-0.3, -0.25) is 19.2 Å². The van der Waals surface area contributed by atoms with E-state index in [0.717, 1.165) is 0 Å². The van der Waals surface area contributed by atoms with Crippen LogP contribution in [0, 0.1) is 0 Å². The zero-order valence-electron chi connectivity index (χ0n) is 18.8. The zero-order chi connectivity index (χ0) is 25.0. The van der Waals surface area contributed by atoms with Crippen LogP contribution in [0.5, 0.6) is 0 Å². The number of carbonyl (C=O) groups is 5. The van der Waals surface area contributed by atoms with E-state index in [1.807, 2.05) is 6.26 Å². The molecule has 0 bridgehead atoms. The maximum Gasteiger partial charge on any atom is 0.326 e. The average Bonchev–Trinajstić information content (AvgIpc) is 3.25. The summed E-state index contributed by atoms with van der Waals surface area (Å²) in [5.41, 5.74) is 11.3. The van der Waals surface area contributed by atoms with Crippen molar-refractivity contribution in [2.24, 2.45) is 11.5 Å². The molecule has 1 heterocycles. The van der Waals surface area contributed by atoms with Gasteiger partial charge in [0, 0.05) is 6.54 Å². The summed E-state index contributed by atoms with van der Waals surface area (Å²) in [5.74, 6) is -3.93. The molecule has 4 atom stereocenters. The van der Waals surface area contributed by atoms with Crippen LogP contribution in [0.4, 0.5) is 0 Å². The number of carboxylic acid groups (broad SMARTS) is 2. The maximum atomic E-state index is 13.1. The Hall–Kier alpha value is -2.38. The molecule has 0 aromatic heterocycles. The molecule has 0 spiro atoms. The zero-order valence-corrected chi connectivity index (χ0v) is 19.6. The van der Waals surface area contributed by atoms with Crippen molar-refractivity contribution < 1.29 is 34.2 Å². The Balaban J connectivity index is 2.88. The van der Waals surface area contributed by atoms with Gasteiger partial charge in [-0.1, -0.05) is 6.42 Å². The molecule has 33 heavy (non-hydrogen) atoms. The van der Waals surface area contributed by atoms with Crippen LogP contribution in [-0.2, 0) is 24.0 Å². The van der Waals surface area contributed by atoms with Gasteiger partial charge >= 0.3 is 11.9 Å². The van der Waals surface area contributed by atoms with Gasteiger partial charge in [-0.15, -0.1) is 0 Å². The summed E-state index contributed by atoms with van der Waals surface area (Å²) in [5, 5.41) is 23.4. The Morgan fingerprint density at radius 2 is 1.79 bits per heavy atom.